The number of esters is 2. The summed E-state index contributed by atoms with van der Waals surface area (Å²) in [5.41, 5.74) is 20.6. The van der Waals surface area contributed by atoms with E-state index < -0.39 is 18.0 Å². The third-order valence-corrected chi connectivity index (χ3v) is 7.15. The Morgan fingerprint density at radius 1 is 0.979 bits per heavy atom. The molecule has 1 unspecified atom stereocenters. The fourth-order valence-corrected chi connectivity index (χ4v) is 4.64. The van der Waals surface area contributed by atoms with E-state index in [1.165, 1.54) is 25.1 Å². The number of nitrogens with two attached hydrogens (primary N) is 3. The number of carbonyl (C=O) groups excluding carboxylic acids is 2. The average molecular weight is 692 g/mol. The standard InChI is InChI=1S/C24H16ClN5OS.C7H14N2O4.C3H8/c1-14-2-4-15(5-3-14)21-19(10-26)22(28)30-24(20(21)11-27)32-13-18-12-31-23(29-18)16-6-8-17(25)9-7-16;1-5(9)7(11)13-3-2-12-6(10)4-8;1-3-2/h2-9,12H,13H2,1H3,(H2,28,30);5H,2-4,8-9H2,1H3;3H2,1-2H3. The van der Waals surface area contributed by atoms with E-state index in [1.807, 2.05) is 43.3 Å². The van der Waals surface area contributed by atoms with Gasteiger partial charge in [0.15, 0.2) is 0 Å². The first kappa shape index (κ1) is 39.3. The molecule has 0 aliphatic rings. The van der Waals surface area contributed by atoms with Crippen molar-refractivity contribution < 1.29 is 23.5 Å². The highest BCUT2D eigenvalue weighted by Gasteiger charge is 2.21. The molecule has 0 saturated carbocycles. The van der Waals surface area contributed by atoms with Gasteiger partial charge in [0.05, 0.1) is 17.8 Å². The van der Waals surface area contributed by atoms with E-state index in [2.05, 4.69) is 45.4 Å². The number of nitriles is 2. The summed E-state index contributed by atoms with van der Waals surface area (Å²) >= 11 is 7.25. The lowest BCUT2D eigenvalue weighted by molar-refractivity contribution is -0.152. The van der Waals surface area contributed by atoms with E-state index >= 15 is 0 Å². The Morgan fingerprint density at radius 3 is 2.12 bits per heavy atom. The van der Waals surface area contributed by atoms with Gasteiger partial charge < -0.3 is 31.1 Å². The Balaban J connectivity index is 0.000000421. The summed E-state index contributed by atoms with van der Waals surface area (Å²) < 4.78 is 14.7. The van der Waals surface area contributed by atoms with Gasteiger partial charge in [-0.25, -0.2) is 9.97 Å². The Hall–Kier alpha value is -4.92. The van der Waals surface area contributed by atoms with Gasteiger partial charge in [0.1, 0.15) is 54.1 Å². The van der Waals surface area contributed by atoms with Gasteiger partial charge in [-0.15, -0.1) is 0 Å². The van der Waals surface area contributed by atoms with Crippen LogP contribution >= 0.6 is 23.4 Å². The number of oxazole rings is 1. The van der Waals surface area contributed by atoms with Crippen LogP contribution in [0.3, 0.4) is 0 Å². The lowest BCUT2D eigenvalue weighted by Gasteiger charge is -2.12. The molecular weight excluding hydrogens is 654 g/mol. The maximum atomic E-state index is 10.7. The molecule has 0 saturated heterocycles. The minimum absolute atomic E-state index is 0.00606. The second-order valence-corrected chi connectivity index (χ2v) is 11.4. The van der Waals surface area contributed by atoms with Gasteiger partial charge in [0.2, 0.25) is 5.89 Å². The van der Waals surface area contributed by atoms with Crippen LogP contribution in [0.15, 0.2) is 64.2 Å². The highest BCUT2D eigenvalue weighted by atomic mass is 35.5. The highest BCUT2D eigenvalue weighted by molar-refractivity contribution is 7.98. The summed E-state index contributed by atoms with van der Waals surface area (Å²) in [5.74, 6) is -0.0742. The molecular formula is C34H38ClN7O5S. The summed E-state index contributed by atoms with van der Waals surface area (Å²) in [7, 11) is 0. The van der Waals surface area contributed by atoms with Gasteiger partial charge >= 0.3 is 11.9 Å². The van der Waals surface area contributed by atoms with Crippen LogP contribution in [-0.4, -0.2) is 47.7 Å². The first-order chi connectivity index (χ1) is 23.0. The topological polar surface area (TPSA) is 217 Å². The molecule has 12 nitrogen and oxygen atoms in total. The van der Waals surface area contributed by atoms with Crippen LogP contribution < -0.4 is 17.2 Å². The summed E-state index contributed by atoms with van der Waals surface area (Å²) in [5, 5.41) is 20.6. The molecule has 4 aromatic rings. The van der Waals surface area contributed by atoms with E-state index in [0.717, 1.165) is 16.7 Å². The molecule has 0 spiro atoms. The maximum Gasteiger partial charge on any atom is 0.322 e. The van der Waals surface area contributed by atoms with Crippen LogP contribution in [-0.2, 0) is 24.8 Å². The molecule has 0 bridgehead atoms. The van der Waals surface area contributed by atoms with Crippen molar-refractivity contribution in [3.05, 3.63) is 82.2 Å². The molecule has 48 heavy (non-hydrogen) atoms. The van der Waals surface area contributed by atoms with Crippen LogP contribution in [0.4, 0.5) is 5.82 Å². The Bertz CT molecular complexity index is 1730. The molecule has 0 fully saturated rings. The zero-order chi connectivity index (χ0) is 35.6. The number of benzene rings is 2. The minimum Gasteiger partial charge on any atom is -0.461 e. The van der Waals surface area contributed by atoms with Crippen molar-refractivity contribution in [3.8, 4) is 34.7 Å². The number of hydrogen-bond donors (Lipinski definition) is 3. The Kier molecular flexibility index (Phi) is 16.6. The maximum absolute atomic E-state index is 10.7. The summed E-state index contributed by atoms with van der Waals surface area (Å²) in [6, 6.07) is 18.4. The lowest BCUT2D eigenvalue weighted by atomic mass is 9.96. The highest BCUT2D eigenvalue weighted by Crippen LogP contribution is 2.36. The fraction of sp³-hybridized carbons (Fsp3) is 0.294. The lowest BCUT2D eigenvalue weighted by Crippen LogP contribution is -2.30. The van der Waals surface area contributed by atoms with Crippen LogP contribution in [0.5, 0.6) is 0 Å². The molecule has 2 heterocycles. The largest absolute Gasteiger partial charge is 0.461 e. The number of aromatic nitrogens is 2. The fourth-order valence-electron chi connectivity index (χ4n) is 3.64. The number of halogens is 1. The summed E-state index contributed by atoms with van der Waals surface area (Å²) in [4.78, 5) is 30.1. The number of thioether (sulfide) groups is 1. The van der Waals surface area contributed by atoms with Crippen molar-refractivity contribution in [2.24, 2.45) is 11.5 Å². The Labute approximate surface area is 289 Å². The molecule has 252 valence electrons. The van der Waals surface area contributed by atoms with Gasteiger partial charge in [0.25, 0.3) is 0 Å². The third kappa shape index (κ3) is 12.0. The number of hydrogen-bond acceptors (Lipinski definition) is 13. The molecule has 0 amide bonds. The van der Waals surface area contributed by atoms with E-state index in [-0.39, 0.29) is 31.1 Å². The molecule has 0 aliphatic heterocycles. The van der Waals surface area contributed by atoms with Gasteiger partial charge in [-0.05, 0) is 43.7 Å². The van der Waals surface area contributed by atoms with Crippen molar-refractivity contribution in [2.45, 2.75) is 50.9 Å². The van der Waals surface area contributed by atoms with Gasteiger partial charge in [0, 0.05) is 21.9 Å². The van der Waals surface area contributed by atoms with Crippen molar-refractivity contribution in [1.82, 2.24) is 9.97 Å². The molecule has 2 aromatic carbocycles. The van der Waals surface area contributed by atoms with Crippen molar-refractivity contribution in [2.75, 3.05) is 25.5 Å². The number of carbonyl (C=O) groups is 2. The second kappa shape index (κ2) is 20.3. The predicted molar refractivity (Wildman–Crippen MR) is 185 cm³/mol. The van der Waals surface area contributed by atoms with Crippen LogP contribution in [0.25, 0.3) is 22.6 Å². The van der Waals surface area contributed by atoms with Crippen molar-refractivity contribution >= 4 is 41.1 Å². The monoisotopic (exact) mass is 691 g/mol. The van der Waals surface area contributed by atoms with E-state index in [9.17, 15) is 20.1 Å². The molecule has 1 atom stereocenters. The molecule has 2 aromatic heterocycles. The SMILES string of the molecule is CC(N)C(=O)OCCOC(=O)CN.CCC.Cc1ccc(-c2c(C#N)c(N)nc(SCc3coc(-c4ccc(Cl)cc4)n3)c2C#N)cc1. The minimum atomic E-state index is -0.662. The van der Waals surface area contributed by atoms with Gasteiger partial charge in [-0.2, -0.15) is 10.5 Å². The van der Waals surface area contributed by atoms with Crippen molar-refractivity contribution in [1.29, 1.82) is 10.5 Å². The van der Waals surface area contributed by atoms with Crippen LogP contribution in [0.1, 0.15) is 49.6 Å². The van der Waals surface area contributed by atoms with Crippen LogP contribution in [0, 0.1) is 29.6 Å². The average Bonchev–Trinajstić information content (AvgIpc) is 3.55. The number of anilines is 1. The molecule has 0 radical (unpaired) electrons. The van der Waals surface area contributed by atoms with E-state index in [0.29, 0.717) is 38.5 Å². The summed E-state index contributed by atoms with van der Waals surface area (Å²) in [6.45, 7) is 7.56. The number of aryl methyl sites for hydroxylation is 1. The molecule has 0 aliphatic carbocycles. The number of nitrogens with zero attached hydrogens (tertiary/aromatic N) is 4. The quantitative estimate of drug-likeness (QED) is 0.102. The van der Waals surface area contributed by atoms with Crippen molar-refractivity contribution in [3.63, 3.8) is 0 Å². The first-order valence-corrected chi connectivity index (χ1v) is 16.2. The van der Waals surface area contributed by atoms with Gasteiger partial charge in [-0.1, -0.05) is 73.5 Å². The molecule has 14 heteroatoms. The zero-order valence-corrected chi connectivity index (χ0v) is 28.7. The molecule has 6 N–H and O–H groups in total. The first-order valence-electron chi connectivity index (χ1n) is 14.8. The second-order valence-electron chi connectivity index (χ2n) is 10.0. The third-order valence-electron chi connectivity index (χ3n) is 5.88. The number of rotatable bonds is 10. The summed E-state index contributed by atoms with van der Waals surface area (Å²) in [6.07, 6.45) is 2.82. The number of ether oxygens (including phenoxy) is 2. The van der Waals surface area contributed by atoms with Crippen LogP contribution in [0.2, 0.25) is 5.02 Å². The van der Waals surface area contributed by atoms with Gasteiger partial charge in [-0.3, -0.25) is 9.59 Å². The van der Waals surface area contributed by atoms with E-state index in [4.69, 9.17) is 33.2 Å². The molecule has 4 rings (SSSR count). The zero-order valence-electron chi connectivity index (χ0n) is 27.2. The number of pyridine rings is 1. The normalized spacial score (nSPS) is 10.6. The smallest absolute Gasteiger partial charge is 0.322 e. The number of nitrogen functional groups attached to an aromatic ring is 1. The van der Waals surface area contributed by atoms with E-state index in [1.54, 1.807) is 18.4 Å². The predicted octanol–water partition coefficient (Wildman–Crippen LogP) is 5.78. The Morgan fingerprint density at radius 2 is 1.56 bits per heavy atom.